The average Bonchev–Trinajstić information content (AvgIpc) is 2.72. The molecular weight excluding hydrogens is 410 g/mol. The topological polar surface area (TPSA) is 29.0 Å². The molecule has 0 saturated carbocycles. The second kappa shape index (κ2) is 7.95. The Labute approximate surface area is 173 Å². The van der Waals surface area contributed by atoms with Crippen molar-refractivity contribution in [2.45, 2.75) is 13.8 Å². The number of hydrogen-bond acceptors (Lipinski definition) is 3. The molecule has 0 atom stereocenters. The first-order chi connectivity index (χ1) is 13.6. The van der Waals surface area contributed by atoms with Gasteiger partial charge in [0, 0.05) is 22.6 Å². The molecule has 0 spiro atoms. The highest BCUT2D eigenvalue weighted by molar-refractivity contribution is 9.10. The highest BCUT2D eigenvalue weighted by Gasteiger charge is 2.12. The molecule has 0 amide bonds. The Morgan fingerprint density at radius 2 is 1.07 bits per heavy atom. The number of halogens is 1. The first kappa shape index (κ1) is 18.4. The van der Waals surface area contributed by atoms with Crippen LogP contribution in [0, 0.1) is 13.8 Å². The number of rotatable bonds is 4. The van der Waals surface area contributed by atoms with Gasteiger partial charge in [-0.15, -0.1) is 0 Å². The van der Waals surface area contributed by atoms with Gasteiger partial charge in [-0.2, -0.15) is 0 Å². The quantitative estimate of drug-likeness (QED) is 0.349. The summed E-state index contributed by atoms with van der Waals surface area (Å²) in [6, 6.07) is 25.6. The number of nitrogens with zero attached hydrogens (tertiary/aromatic N) is 3. The van der Waals surface area contributed by atoms with Crippen LogP contribution in [0.4, 0.5) is 17.1 Å². The number of aromatic nitrogens is 2. The maximum atomic E-state index is 4.44. The molecule has 0 aliphatic carbocycles. The summed E-state index contributed by atoms with van der Waals surface area (Å²) in [6.07, 6.45) is 3.49. The summed E-state index contributed by atoms with van der Waals surface area (Å²) in [6.45, 7) is 4.21. The third-order valence-corrected chi connectivity index (χ3v) is 5.04. The molecule has 0 radical (unpaired) electrons. The van der Waals surface area contributed by atoms with Crippen LogP contribution >= 0.6 is 15.9 Å². The highest BCUT2D eigenvalue weighted by atomic mass is 79.9. The zero-order chi connectivity index (χ0) is 19.5. The third-order valence-electron chi connectivity index (χ3n) is 4.63. The first-order valence-corrected chi connectivity index (χ1v) is 9.91. The minimum Gasteiger partial charge on any atom is -0.311 e. The Hall–Kier alpha value is -2.98. The average molecular weight is 430 g/mol. The molecule has 4 rings (SSSR count). The standard InChI is InChI=1S/C24H20BrN3/c1-17-3-9-20(10-4-17)28(21-11-5-18(2)6-12-21)22-13-7-19(8-14-22)23-15-27-24(25)16-26-23/h3-16H,1-2H3. The molecular formula is C24H20BrN3. The lowest BCUT2D eigenvalue weighted by Crippen LogP contribution is -2.09. The molecule has 1 heterocycles. The van der Waals surface area contributed by atoms with E-state index in [2.05, 4.69) is 117 Å². The first-order valence-electron chi connectivity index (χ1n) is 9.11. The summed E-state index contributed by atoms with van der Waals surface area (Å²) in [4.78, 5) is 11.0. The van der Waals surface area contributed by atoms with E-state index in [-0.39, 0.29) is 0 Å². The van der Waals surface area contributed by atoms with Crippen LogP contribution < -0.4 is 4.90 Å². The van der Waals surface area contributed by atoms with E-state index in [1.165, 1.54) is 11.1 Å². The Balaban J connectivity index is 1.74. The van der Waals surface area contributed by atoms with Gasteiger partial charge in [0.15, 0.2) is 0 Å². The van der Waals surface area contributed by atoms with Crippen molar-refractivity contribution in [2.75, 3.05) is 4.90 Å². The second-order valence-electron chi connectivity index (χ2n) is 6.78. The minimum atomic E-state index is 0.734. The molecule has 0 aliphatic heterocycles. The van der Waals surface area contributed by atoms with Crippen LogP contribution in [-0.4, -0.2) is 9.97 Å². The van der Waals surface area contributed by atoms with Gasteiger partial charge in [-0.25, -0.2) is 4.98 Å². The van der Waals surface area contributed by atoms with Gasteiger partial charge in [-0.1, -0.05) is 47.5 Å². The smallest absolute Gasteiger partial charge is 0.124 e. The Morgan fingerprint density at radius 3 is 1.50 bits per heavy atom. The molecule has 28 heavy (non-hydrogen) atoms. The van der Waals surface area contributed by atoms with E-state index in [1.54, 1.807) is 12.4 Å². The zero-order valence-electron chi connectivity index (χ0n) is 15.8. The molecule has 3 aromatic carbocycles. The van der Waals surface area contributed by atoms with Crippen molar-refractivity contribution >= 4 is 33.0 Å². The van der Waals surface area contributed by atoms with E-state index >= 15 is 0 Å². The van der Waals surface area contributed by atoms with Gasteiger partial charge < -0.3 is 4.90 Å². The molecule has 0 fully saturated rings. The lowest BCUT2D eigenvalue weighted by atomic mass is 10.1. The molecule has 0 unspecified atom stereocenters. The number of hydrogen-bond donors (Lipinski definition) is 0. The van der Waals surface area contributed by atoms with Gasteiger partial charge in [-0.3, -0.25) is 4.98 Å². The molecule has 0 N–H and O–H groups in total. The zero-order valence-corrected chi connectivity index (χ0v) is 17.4. The molecule has 4 heteroatoms. The van der Waals surface area contributed by atoms with Gasteiger partial charge in [0.05, 0.1) is 18.1 Å². The summed E-state index contributed by atoms with van der Waals surface area (Å²) in [5.74, 6) is 0. The Kier molecular flexibility index (Phi) is 5.22. The minimum absolute atomic E-state index is 0.734. The maximum Gasteiger partial charge on any atom is 0.124 e. The van der Waals surface area contributed by atoms with Crippen LogP contribution in [0.5, 0.6) is 0 Å². The molecule has 4 aromatic rings. The van der Waals surface area contributed by atoms with E-state index in [4.69, 9.17) is 0 Å². The largest absolute Gasteiger partial charge is 0.311 e. The van der Waals surface area contributed by atoms with Crippen molar-refractivity contribution in [2.24, 2.45) is 0 Å². The van der Waals surface area contributed by atoms with Crippen molar-refractivity contribution in [3.63, 3.8) is 0 Å². The van der Waals surface area contributed by atoms with E-state index in [0.717, 1.165) is 32.9 Å². The fourth-order valence-corrected chi connectivity index (χ4v) is 3.28. The van der Waals surface area contributed by atoms with Crippen LogP contribution in [0.2, 0.25) is 0 Å². The molecule has 138 valence electrons. The van der Waals surface area contributed by atoms with Crippen LogP contribution in [-0.2, 0) is 0 Å². The predicted octanol–water partition coefficient (Wildman–Crippen LogP) is 6.99. The number of anilines is 3. The van der Waals surface area contributed by atoms with Crippen LogP contribution in [0.25, 0.3) is 11.3 Å². The van der Waals surface area contributed by atoms with E-state index in [0.29, 0.717) is 0 Å². The molecule has 1 aromatic heterocycles. The van der Waals surface area contributed by atoms with Crippen LogP contribution in [0.1, 0.15) is 11.1 Å². The van der Waals surface area contributed by atoms with Crippen LogP contribution in [0.15, 0.2) is 89.8 Å². The lowest BCUT2D eigenvalue weighted by molar-refractivity contribution is 1.17. The fraction of sp³-hybridized carbons (Fsp3) is 0.0833. The SMILES string of the molecule is Cc1ccc(N(c2ccc(C)cc2)c2ccc(-c3cnc(Br)cn3)cc2)cc1. The fourth-order valence-electron chi connectivity index (χ4n) is 3.08. The van der Waals surface area contributed by atoms with E-state index < -0.39 is 0 Å². The molecule has 0 saturated heterocycles. The van der Waals surface area contributed by atoms with Gasteiger partial charge in [0.25, 0.3) is 0 Å². The number of benzene rings is 3. The second-order valence-corrected chi connectivity index (χ2v) is 7.59. The van der Waals surface area contributed by atoms with E-state index in [9.17, 15) is 0 Å². The van der Waals surface area contributed by atoms with Crippen molar-refractivity contribution in [3.8, 4) is 11.3 Å². The van der Waals surface area contributed by atoms with E-state index in [1.807, 2.05) is 0 Å². The summed E-state index contributed by atoms with van der Waals surface area (Å²) in [5.41, 5.74) is 7.75. The Morgan fingerprint density at radius 1 is 0.607 bits per heavy atom. The number of aryl methyl sites for hydroxylation is 2. The summed E-state index contributed by atoms with van der Waals surface area (Å²) in [7, 11) is 0. The summed E-state index contributed by atoms with van der Waals surface area (Å²) >= 11 is 3.33. The predicted molar refractivity (Wildman–Crippen MR) is 119 cm³/mol. The van der Waals surface area contributed by atoms with Crippen molar-refractivity contribution < 1.29 is 0 Å². The van der Waals surface area contributed by atoms with Gasteiger partial charge >= 0.3 is 0 Å². The lowest BCUT2D eigenvalue weighted by Gasteiger charge is -2.26. The van der Waals surface area contributed by atoms with Crippen molar-refractivity contribution in [1.29, 1.82) is 0 Å². The van der Waals surface area contributed by atoms with Gasteiger partial charge in [0.2, 0.25) is 0 Å². The summed E-state index contributed by atoms with van der Waals surface area (Å²) in [5, 5.41) is 0. The molecule has 0 bridgehead atoms. The monoisotopic (exact) mass is 429 g/mol. The van der Waals surface area contributed by atoms with Gasteiger partial charge in [-0.05, 0) is 66.2 Å². The summed E-state index contributed by atoms with van der Waals surface area (Å²) < 4.78 is 0.734. The van der Waals surface area contributed by atoms with Gasteiger partial charge in [0.1, 0.15) is 4.60 Å². The van der Waals surface area contributed by atoms with Crippen molar-refractivity contribution in [1.82, 2.24) is 9.97 Å². The Bertz CT molecular complexity index is 1010. The third kappa shape index (κ3) is 3.97. The van der Waals surface area contributed by atoms with Crippen molar-refractivity contribution in [3.05, 3.63) is 101 Å². The molecule has 0 aliphatic rings. The normalized spacial score (nSPS) is 10.7. The maximum absolute atomic E-state index is 4.44. The molecule has 3 nitrogen and oxygen atoms in total. The highest BCUT2D eigenvalue weighted by Crippen LogP contribution is 2.35. The van der Waals surface area contributed by atoms with Crippen LogP contribution in [0.3, 0.4) is 0 Å².